The van der Waals surface area contributed by atoms with Gasteiger partial charge in [-0.15, -0.1) is 0 Å². The molecule has 0 bridgehead atoms. The Balaban J connectivity index is -0.0000000467. The Labute approximate surface area is 232 Å². The molecule has 0 fully saturated rings. The Hall–Kier alpha value is -3.23. The van der Waals surface area contributed by atoms with Crippen molar-refractivity contribution in [2.75, 3.05) is 0 Å². The molecule has 0 rings (SSSR count). The van der Waals surface area contributed by atoms with E-state index in [4.69, 9.17) is 0 Å². The molecule has 0 spiro atoms. The van der Waals surface area contributed by atoms with Crippen molar-refractivity contribution in [3.05, 3.63) is 56.5 Å². The van der Waals surface area contributed by atoms with Gasteiger partial charge in [-0.1, -0.05) is 0 Å². The molecule has 0 aromatic heterocycles. The van der Waals surface area contributed by atoms with Crippen molar-refractivity contribution in [3.8, 4) is 0 Å². The maximum Gasteiger partial charge on any atom is 0.0465 e. The molecule has 0 saturated carbocycles. The van der Waals surface area contributed by atoms with E-state index in [0.29, 0.717) is 0 Å². The van der Waals surface area contributed by atoms with Crippen LogP contribution in [-0.2, 0) is 33.6 Å². The molecule has 18 heteroatoms. The fourth-order valence-corrected chi connectivity index (χ4v) is 0.528. The molecular weight excluding hydrogens is 574 g/mol. The zero-order valence-corrected chi connectivity index (χ0v) is 23.6. The van der Waals surface area contributed by atoms with E-state index in [0.717, 1.165) is 0 Å². The van der Waals surface area contributed by atoms with E-state index in [-0.39, 0.29) is 94.1 Å². The molecule has 0 aliphatic heterocycles. The molecule has 0 atom stereocenters. The number of nitrogens with zero attached hydrogens (tertiary/aromatic N) is 8. The van der Waals surface area contributed by atoms with Gasteiger partial charge in [0.15, 0.2) is 0 Å². The van der Waals surface area contributed by atoms with Crippen LogP contribution in [0.15, 0.2) is 41.2 Å². The first-order valence-corrected chi connectivity index (χ1v) is 8.25. The molecule has 0 aliphatic rings. The van der Waals surface area contributed by atoms with Crippen LogP contribution in [0, 0.1) is 56.5 Å². The van der Waals surface area contributed by atoms with Gasteiger partial charge in [-0.25, -0.2) is 0 Å². The topological polar surface area (TPSA) is 283 Å². The minimum absolute atomic E-state index is 0. The summed E-state index contributed by atoms with van der Waals surface area (Å²) >= 11 is 0. The second kappa shape index (κ2) is 36.3. The Bertz CT molecular complexity index is 589. The van der Waals surface area contributed by atoms with Crippen LogP contribution in [0.2, 0.25) is 0 Å². The second-order valence-corrected chi connectivity index (χ2v) is 5.41. The van der Waals surface area contributed by atoms with Crippen molar-refractivity contribution in [1.29, 1.82) is 0 Å². The summed E-state index contributed by atoms with van der Waals surface area (Å²) in [6.07, 6.45) is 0. The van der Waals surface area contributed by atoms with Gasteiger partial charge in [-0.05, 0) is 55.4 Å². The first kappa shape index (κ1) is 53.9. The minimum atomic E-state index is 0. The maximum absolute atomic E-state index is 9.60. The van der Waals surface area contributed by atoms with Crippen LogP contribution < -0.4 is 0 Å². The van der Waals surface area contributed by atoms with Gasteiger partial charge in [0.05, 0.1) is 0 Å². The Kier molecular flexibility index (Phi) is 54.4. The van der Waals surface area contributed by atoms with Gasteiger partial charge in [0, 0.05) is 79.3 Å². The van der Waals surface area contributed by atoms with Gasteiger partial charge in [0.2, 0.25) is 0 Å². The molecule has 0 unspecified atom stereocenters. The molecule has 0 aromatic rings. The quantitative estimate of drug-likeness (QED) is 0.249. The maximum atomic E-state index is 9.60. The molecule has 0 saturated heterocycles. The third kappa shape index (κ3) is 32.9. The van der Waals surface area contributed by atoms with Crippen LogP contribution in [0.1, 0.15) is 55.4 Å². The van der Waals surface area contributed by atoms with Gasteiger partial charge in [-0.3, -0.25) is 0 Å². The number of hydrogen-bond donors (Lipinski definition) is 0. The van der Waals surface area contributed by atoms with Gasteiger partial charge in [0.25, 0.3) is 0 Å². The molecule has 0 aromatic carbocycles. The van der Waals surface area contributed by atoms with Crippen molar-refractivity contribution in [2.24, 2.45) is 41.2 Å². The van der Waals surface area contributed by atoms with E-state index >= 15 is 0 Å². The molecule has 0 amide bonds. The van der Waals surface area contributed by atoms with E-state index in [1.54, 1.807) is 0 Å². The summed E-state index contributed by atoms with van der Waals surface area (Å²) in [6.45, 7) is 11.5. The van der Waals surface area contributed by atoms with Crippen LogP contribution in [-0.4, -0.2) is 45.7 Å². The van der Waals surface area contributed by atoms with Crippen LogP contribution >= 0.6 is 0 Å². The zero-order valence-electron chi connectivity index (χ0n) is 21.5. The van der Waals surface area contributed by atoms with E-state index in [1.165, 1.54) is 55.4 Å². The van der Waals surface area contributed by atoms with E-state index in [1.807, 2.05) is 0 Å². The van der Waals surface area contributed by atoms with Crippen LogP contribution in [0.4, 0.5) is 0 Å². The monoisotopic (exact) mass is 604 g/mol. The summed E-state index contributed by atoms with van der Waals surface area (Å²) < 4.78 is 0. The van der Waals surface area contributed by atoms with E-state index in [9.17, 15) is 41.7 Å². The third-order valence-corrected chi connectivity index (χ3v) is 3.19. The zero-order chi connectivity index (χ0) is 26.3. The van der Waals surface area contributed by atoms with Gasteiger partial charge in [0.1, 0.15) is 0 Å². The van der Waals surface area contributed by atoms with Crippen molar-refractivity contribution >= 4 is 45.7 Å². The first-order valence-electron chi connectivity index (χ1n) is 8.25. The van der Waals surface area contributed by atoms with E-state index in [2.05, 4.69) is 41.2 Å². The molecule has 0 N–H and O–H groups in total. The Morgan fingerprint density at radius 1 is 0.278 bits per heavy atom. The summed E-state index contributed by atoms with van der Waals surface area (Å²) in [6, 6.07) is 0. The van der Waals surface area contributed by atoms with Crippen molar-refractivity contribution < 1.29 is 33.6 Å². The van der Waals surface area contributed by atoms with Crippen LogP contribution in [0.25, 0.3) is 0 Å². The normalized spacial score (nSPS) is 12.7. The smallest absolute Gasteiger partial charge is 0.0465 e. The van der Waals surface area contributed by atoms with E-state index < -0.39 is 0 Å². The third-order valence-electron chi connectivity index (χ3n) is 3.19. The van der Waals surface area contributed by atoms with Gasteiger partial charge >= 0.3 is 0 Å². The van der Waals surface area contributed by atoms with Crippen molar-refractivity contribution in [1.82, 2.24) is 0 Å². The summed E-state index contributed by atoms with van der Waals surface area (Å²) in [5.41, 5.74) is 1.11. The number of rotatable bonds is 4. The standard InChI is InChI=1S/4C4H8N2O2.2CH3.2Co/c4*1-3(5-7)4(2)6-8;;;;/h4*7-8H,1-2H3;2*1H3;;/q;;;;2*-1;;/p-8. The van der Waals surface area contributed by atoms with Gasteiger partial charge in [-0.2, -0.15) is 0 Å². The molecule has 0 heterocycles. The fraction of sp³-hybridized carbons (Fsp3) is 0.444. The minimum Gasteiger partial charge on any atom is -0.792 e. The predicted octanol–water partition coefficient (Wildman–Crippen LogP) is 4.51. The molecule has 0 aliphatic carbocycles. The summed E-state index contributed by atoms with van der Waals surface area (Å²) in [5, 5.41) is 96.7. The van der Waals surface area contributed by atoms with Crippen molar-refractivity contribution in [2.45, 2.75) is 55.4 Å². The average Bonchev–Trinajstić information content (AvgIpc) is 2.85. The van der Waals surface area contributed by atoms with Gasteiger partial charge < -0.3 is 97.8 Å². The summed E-state index contributed by atoms with van der Waals surface area (Å²) in [7, 11) is 0. The second-order valence-electron chi connectivity index (χ2n) is 5.41. The fourth-order valence-electron chi connectivity index (χ4n) is 0.528. The molecular formula is C18H30Co2N8O8-10. The Morgan fingerprint density at radius 2 is 0.333 bits per heavy atom. The Morgan fingerprint density at radius 3 is 0.361 bits per heavy atom. The molecule has 36 heavy (non-hydrogen) atoms. The predicted molar refractivity (Wildman–Crippen MR) is 145 cm³/mol. The SMILES string of the molecule is CC(=N[O-])C(C)=N[O-].CC(=N[O-])C(C)=N[O-].CC(=N[O-])C(C)=N[O-].CC(=N[O-])C(C)=N[O-].[CH3-].[CH3-].[Co].[Co]. The molecule has 2 radical (unpaired) electrons. The molecule has 218 valence electrons. The summed E-state index contributed by atoms with van der Waals surface area (Å²) in [4.78, 5) is 0. The average molecular weight is 604 g/mol. The first-order chi connectivity index (χ1) is 14.9. The van der Waals surface area contributed by atoms with Crippen LogP contribution in [0.3, 0.4) is 0 Å². The number of hydrogen-bond acceptors (Lipinski definition) is 16. The largest absolute Gasteiger partial charge is 0.792 e. The van der Waals surface area contributed by atoms with Crippen LogP contribution in [0.5, 0.6) is 0 Å². The molecule has 16 nitrogen and oxygen atoms in total. The summed E-state index contributed by atoms with van der Waals surface area (Å²) in [5.74, 6) is 0. The van der Waals surface area contributed by atoms with Crippen molar-refractivity contribution in [3.63, 3.8) is 0 Å².